The molecule has 0 aliphatic rings. The molecule has 0 aliphatic heterocycles. The number of ether oxygens (including phenoxy) is 1. The molecule has 0 aliphatic carbocycles. The van der Waals surface area contributed by atoms with Crippen LogP contribution >= 0.6 is 0 Å². The highest BCUT2D eigenvalue weighted by molar-refractivity contribution is 5.76. The van der Waals surface area contributed by atoms with Crippen LogP contribution in [0.3, 0.4) is 0 Å². The number of H-pyrrole nitrogens is 1. The summed E-state index contributed by atoms with van der Waals surface area (Å²) in [4.78, 5) is 8.29. The van der Waals surface area contributed by atoms with Gasteiger partial charge in [0, 0.05) is 17.3 Å². The Morgan fingerprint density at radius 3 is 3.00 bits per heavy atom. The van der Waals surface area contributed by atoms with E-state index in [-0.39, 0.29) is 5.95 Å². The number of nitrogens with two attached hydrogens (primary N) is 1. The van der Waals surface area contributed by atoms with Gasteiger partial charge in [0.1, 0.15) is 5.75 Å². The Balaban J connectivity index is 1.76. The highest BCUT2D eigenvalue weighted by Crippen LogP contribution is 2.26. The molecule has 120 valence electrons. The number of hydrogen-bond acceptors (Lipinski definition) is 7. The fourth-order valence-electron chi connectivity index (χ4n) is 2.63. The number of methoxy groups -OCH3 is 1. The second kappa shape index (κ2) is 5.61. The molecule has 0 saturated carbocycles. The van der Waals surface area contributed by atoms with Gasteiger partial charge in [0.05, 0.1) is 30.9 Å². The van der Waals surface area contributed by atoms with Crippen molar-refractivity contribution < 1.29 is 4.74 Å². The summed E-state index contributed by atoms with van der Waals surface area (Å²) in [5, 5.41) is 14.1. The zero-order chi connectivity index (χ0) is 16.5. The van der Waals surface area contributed by atoms with Gasteiger partial charge in [0.15, 0.2) is 0 Å². The predicted octanol–water partition coefficient (Wildman–Crippen LogP) is 1.25. The Hall–Kier alpha value is -3.49. The molecule has 4 rings (SSSR count). The fourth-order valence-corrected chi connectivity index (χ4v) is 2.63. The van der Waals surface area contributed by atoms with Gasteiger partial charge in [-0.05, 0) is 29.5 Å². The maximum atomic E-state index is 5.63. The SMILES string of the molecule is COc1ccc(-c2nn[nH]n2)cc1Cn1ccc2nc(N)ncc21. The van der Waals surface area contributed by atoms with Crippen molar-refractivity contribution in [3.63, 3.8) is 0 Å². The van der Waals surface area contributed by atoms with Crippen molar-refractivity contribution in [3.8, 4) is 17.1 Å². The first kappa shape index (κ1) is 14.1. The van der Waals surface area contributed by atoms with E-state index in [1.807, 2.05) is 35.0 Å². The summed E-state index contributed by atoms with van der Waals surface area (Å²) in [6.45, 7) is 0.589. The number of tetrazole rings is 1. The third kappa shape index (κ3) is 2.41. The maximum absolute atomic E-state index is 5.63. The molecule has 9 nitrogen and oxygen atoms in total. The number of anilines is 1. The van der Waals surface area contributed by atoms with E-state index in [9.17, 15) is 0 Å². The van der Waals surface area contributed by atoms with Crippen LogP contribution in [0.1, 0.15) is 5.56 Å². The number of aromatic nitrogens is 7. The summed E-state index contributed by atoms with van der Waals surface area (Å²) >= 11 is 0. The van der Waals surface area contributed by atoms with Crippen LogP contribution < -0.4 is 10.5 Å². The van der Waals surface area contributed by atoms with Gasteiger partial charge in [-0.1, -0.05) is 0 Å². The predicted molar refractivity (Wildman–Crippen MR) is 87.2 cm³/mol. The molecule has 3 N–H and O–H groups in total. The van der Waals surface area contributed by atoms with Crippen LogP contribution in [-0.2, 0) is 6.54 Å². The largest absolute Gasteiger partial charge is 0.496 e. The Morgan fingerprint density at radius 2 is 2.21 bits per heavy atom. The molecule has 0 atom stereocenters. The van der Waals surface area contributed by atoms with Crippen molar-refractivity contribution >= 4 is 17.0 Å². The summed E-state index contributed by atoms with van der Waals surface area (Å²) in [5.41, 5.74) is 9.17. The van der Waals surface area contributed by atoms with Gasteiger partial charge in [-0.25, -0.2) is 9.97 Å². The lowest BCUT2D eigenvalue weighted by molar-refractivity contribution is 0.408. The monoisotopic (exact) mass is 322 g/mol. The zero-order valence-corrected chi connectivity index (χ0v) is 12.8. The minimum absolute atomic E-state index is 0.261. The van der Waals surface area contributed by atoms with E-state index in [0.717, 1.165) is 27.9 Å². The van der Waals surface area contributed by atoms with Crippen LogP contribution in [-0.4, -0.2) is 42.3 Å². The lowest BCUT2D eigenvalue weighted by Crippen LogP contribution is -2.02. The minimum Gasteiger partial charge on any atom is -0.496 e. The average molecular weight is 322 g/mol. The minimum atomic E-state index is 0.261. The van der Waals surface area contributed by atoms with Crippen LogP contribution in [0, 0.1) is 0 Å². The second-order valence-electron chi connectivity index (χ2n) is 5.20. The number of fused-ring (bicyclic) bond motifs is 1. The molecule has 9 heteroatoms. The van der Waals surface area contributed by atoms with E-state index < -0.39 is 0 Å². The number of aromatic amines is 1. The first-order chi connectivity index (χ1) is 11.7. The molecule has 0 unspecified atom stereocenters. The molecule has 1 aromatic carbocycles. The van der Waals surface area contributed by atoms with E-state index in [2.05, 4.69) is 30.6 Å². The van der Waals surface area contributed by atoms with Crippen molar-refractivity contribution in [1.82, 2.24) is 35.2 Å². The number of rotatable bonds is 4. The number of nitrogen functional groups attached to an aromatic ring is 1. The van der Waals surface area contributed by atoms with Crippen LogP contribution in [0.25, 0.3) is 22.4 Å². The maximum Gasteiger partial charge on any atom is 0.220 e. The Kier molecular flexibility index (Phi) is 3.30. The number of nitrogens with one attached hydrogen (secondary N) is 1. The van der Waals surface area contributed by atoms with Crippen LogP contribution in [0.4, 0.5) is 5.95 Å². The Morgan fingerprint density at radius 1 is 1.29 bits per heavy atom. The summed E-state index contributed by atoms with van der Waals surface area (Å²) in [5.74, 6) is 1.57. The average Bonchev–Trinajstić information content (AvgIpc) is 3.25. The quantitative estimate of drug-likeness (QED) is 0.580. The highest BCUT2D eigenvalue weighted by Gasteiger charge is 2.11. The molecule has 3 aromatic heterocycles. The lowest BCUT2D eigenvalue weighted by Gasteiger charge is -2.11. The molecular weight excluding hydrogens is 308 g/mol. The summed E-state index contributed by atoms with van der Waals surface area (Å²) in [7, 11) is 1.64. The smallest absolute Gasteiger partial charge is 0.220 e. The van der Waals surface area contributed by atoms with Crippen LogP contribution in [0.2, 0.25) is 0 Å². The molecule has 24 heavy (non-hydrogen) atoms. The lowest BCUT2D eigenvalue weighted by atomic mass is 10.1. The van der Waals surface area contributed by atoms with Gasteiger partial charge in [-0.15, -0.1) is 10.2 Å². The van der Waals surface area contributed by atoms with Gasteiger partial charge < -0.3 is 15.0 Å². The van der Waals surface area contributed by atoms with Crippen LogP contribution in [0.5, 0.6) is 5.75 Å². The third-order valence-electron chi connectivity index (χ3n) is 3.76. The highest BCUT2D eigenvalue weighted by atomic mass is 16.5. The van der Waals surface area contributed by atoms with Gasteiger partial charge in [0.25, 0.3) is 0 Å². The summed E-state index contributed by atoms with van der Waals surface area (Å²) < 4.78 is 7.50. The molecule has 0 spiro atoms. The third-order valence-corrected chi connectivity index (χ3v) is 3.76. The van der Waals surface area contributed by atoms with Gasteiger partial charge in [0.2, 0.25) is 11.8 Å². The molecule has 4 aromatic rings. The number of nitrogens with zero attached hydrogens (tertiary/aromatic N) is 6. The topological polar surface area (TPSA) is 120 Å². The molecular formula is C15H14N8O. The van der Waals surface area contributed by atoms with Gasteiger partial charge in [-0.3, -0.25) is 0 Å². The van der Waals surface area contributed by atoms with Crippen LogP contribution in [0.15, 0.2) is 36.7 Å². The van der Waals surface area contributed by atoms with Crippen molar-refractivity contribution in [2.24, 2.45) is 0 Å². The summed E-state index contributed by atoms with van der Waals surface area (Å²) in [6, 6.07) is 7.67. The molecule has 0 saturated heterocycles. The Bertz CT molecular complexity index is 992. The van der Waals surface area contributed by atoms with E-state index in [0.29, 0.717) is 12.4 Å². The normalized spacial score (nSPS) is 11.0. The molecule has 0 radical (unpaired) electrons. The van der Waals surface area contributed by atoms with Crippen molar-refractivity contribution in [2.45, 2.75) is 6.54 Å². The Labute approximate surface area is 136 Å². The van der Waals surface area contributed by atoms with E-state index in [4.69, 9.17) is 10.5 Å². The number of benzene rings is 1. The first-order valence-electron chi connectivity index (χ1n) is 7.22. The molecule has 0 bridgehead atoms. The fraction of sp³-hybridized carbons (Fsp3) is 0.133. The number of hydrogen-bond donors (Lipinski definition) is 2. The second-order valence-corrected chi connectivity index (χ2v) is 5.20. The standard InChI is InChI=1S/C15H14N8O/c1-24-13-3-2-9(14-19-21-22-20-14)6-10(13)8-23-5-4-11-12(23)7-17-15(16)18-11/h2-7H,8H2,1H3,(H2,16,17,18)(H,19,20,21,22). The van der Waals surface area contributed by atoms with Crippen molar-refractivity contribution in [2.75, 3.05) is 12.8 Å². The zero-order valence-electron chi connectivity index (χ0n) is 12.8. The summed E-state index contributed by atoms with van der Waals surface area (Å²) in [6.07, 6.45) is 3.66. The first-order valence-corrected chi connectivity index (χ1v) is 7.22. The van der Waals surface area contributed by atoms with Gasteiger partial charge in [-0.2, -0.15) is 5.21 Å². The molecule has 0 amide bonds. The van der Waals surface area contributed by atoms with E-state index >= 15 is 0 Å². The van der Waals surface area contributed by atoms with Gasteiger partial charge >= 0.3 is 0 Å². The molecule has 0 fully saturated rings. The van der Waals surface area contributed by atoms with Crippen molar-refractivity contribution in [1.29, 1.82) is 0 Å². The van der Waals surface area contributed by atoms with E-state index in [1.54, 1.807) is 13.3 Å². The molecule has 3 heterocycles. The van der Waals surface area contributed by atoms with Crippen molar-refractivity contribution in [3.05, 3.63) is 42.2 Å². The van der Waals surface area contributed by atoms with E-state index in [1.165, 1.54) is 0 Å².